The van der Waals surface area contributed by atoms with Gasteiger partial charge < -0.3 is 15.7 Å². The van der Waals surface area contributed by atoms with Crippen LogP contribution < -0.4 is 10.6 Å². The van der Waals surface area contributed by atoms with Gasteiger partial charge in [-0.05, 0) is 25.8 Å². The van der Waals surface area contributed by atoms with Crippen LogP contribution in [0.15, 0.2) is 0 Å². The lowest BCUT2D eigenvalue weighted by Gasteiger charge is -2.25. The van der Waals surface area contributed by atoms with Gasteiger partial charge in [0.05, 0.1) is 11.5 Å². The Balaban J connectivity index is 2.38. The van der Waals surface area contributed by atoms with Gasteiger partial charge in [0, 0.05) is 13.1 Å². The zero-order valence-corrected chi connectivity index (χ0v) is 10.4. The van der Waals surface area contributed by atoms with E-state index in [2.05, 4.69) is 17.6 Å². The van der Waals surface area contributed by atoms with Crippen LogP contribution in [-0.4, -0.2) is 36.8 Å². The van der Waals surface area contributed by atoms with Crippen LogP contribution in [0, 0.1) is 5.41 Å². The Morgan fingerprint density at radius 1 is 1.56 bits per heavy atom. The van der Waals surface area contributed by atoms with E-state index in [-0.39, 0.29) is 11.3 Å². The van der Waals surface area contributed by atoms with Gasteiger partial charge in [0.1, 0.15) is 0 Å². The molecule has 1 fully saturated rings. The fourth-order valence-electron chi connectivity index (χ4n) is 2.23. The Hall–Kier alpha value is -0.610. The van der Waals surface area contributed by atoms with Gasteiger partial charge in [0.25, 0.3) is 0 Å². The number of carbonyl (C=O) groups excluding carboxylic acids is 1. The van der Waals surface area contributed by atoms with Crippen LogP contribution in [0.2, 0.25) is 0 Å². The van der Waals surface area contributed by atoms with Crippen LogP contribution in [0.25, 0.3) is 0 Å². The minimum Gasteiger partial charge on any atom is -0.391 e. The fraction of sp³-hybridized carbons (Fsp3) is 0.917. The molecule has 16 heavy (non-hydrogen) atoms. The van der Waals surface area contributed by atoms with Crippen molar-refractivity contribution in [2.24, 2.45) is 5.41 Å². The Labute approximate surface area is 97.8 Å². The van der Waals surface area contributed by atoms with Crippen molar-refractivity contribution in [2.75, 3.05) is 19.6 Å². The minimum atomic E-state index is -0.405. The zero-order chi connectivity index (χ0) is 12.0. The number of hydrogen-bond donors (Lipinski definition) is 3. The van der Waals surface area contributed by atoms with Gasteiger partial charge in [-0.3, -0.25) is 4.79 Å². The lowest BCUT2D eigenvalue weighted by Crippen LogP contribution is -2.44. The molecule has 3 N–H and O–H groups in total. The fourth-order valence-corrected chi connectivity index (χ4v) is 2.23. The molecular formula is C12H24N2O2. The van der Waals surface area contributed by atoms with Crippen molar-refractivity contribution in [3.8, 4) is 0 Å². The molecule has 4 heteroatoms. The molecule has 1 rings (SSSR count). The Morgan fingerprint density at radius 2 is 2.31 bits per heavy atom. The third-order valence-electron chi connectivity index (χ3n) is 3.52. The Morgan fingerprint density at radius 3 is 2.81 bits per heavy atom. The van der Waals surface area contributed by atoms with E-state index in [0.29, 0.717) is 6.54 Å². The van der Waals surface area contributed by atoms with Crippen molar-refractivity contribution >= 4 is 5.91 Å². The van der Waals surface area contributed by atoms with Gasteiger partial charge >= 0.3 is 0 Å². The molecule has 0 spiro atoms. The highest BCUT2D eigenvalue weighted by Crippen LogP contribution is 2.29. The number of amides is 1. The third-order valence-corrected chi connectivity index (χ3v) is 3.52. The summed E-state index contributed by atoms with van der Waals surface area (Å²) >= 11 is 0. The molecule has 1 aliphatic heterocycles. The Bertz CT molecular complexity index is 225. The van der Waals surface area contributed by atoms with Crippen LogP contribution in [0.3, 0.4) is 0 Å². The van der Waals surface area contributed by atoms with Crippen molar-refractivity contribution < 1.29 is 9.90 Å². The first kappa shape index (κ1) is 13.5. The normalized spacial score (nSPS) is 26.7. The van der Waals surface area contributed by atoms with E-state index in [9.17, 15) is 9.90 Å². The summed E-state index contributed by atoms with van der Waals surface area (Å²) in [5.74, 6) is 0.0927. The summed E-state index contributed by atoms with van der Waals surface area (Å²) in [5.41, 5.74) is -0.244. The van der Waals surface area contributed by atoms with E-state index < -0.39 is 6.10 Å². The monoisotopic (exact) mass is 228 g/mol. The number of aliphatic hydroxyl groups is 1. The average molecular weight is 228 g/mol. The smallest absolute Gasteiger partial charge is 0.227 e. The molecule has 0 saturated carbocycles. The van der Waals surface area contributed by atoms with Gasteiger partial charge in [-0.15, -0.1) is 0 Å². The molecule has 2 atom stereocenters. The highest BCUT2D eigenvalue weighted by atomic mass is 16.3. The summed E-state index contributed by atoms with van der Waals surface area (Å²) in [6.07, 6.45) is 3.04. The summed E-state index contributed by atoms with van der Waals surface area (Å²) in [6, 6.07) is 0. The van der Waals surface area contributed by atoms with E-state index in [1.807, 2.05) is 6.92 Å². The van der Waals surface area contributed by atoms with Crippen molar-refractivity contribution in [3.63, 3.8) is 0 Å². The minimum absolute atomic E-state index is 0.0927. The second kappa shape index (κ2) is 6.21. The summed E-state index contributed by atoms with van der Waals surface area (Å²) in [7, 11) is 0. The molecule has 0 radical (unpaired) electrons. The number of hydrogen-bond acceptors (Lipinski definition) is 3. The molecule has 1 aliphatic rings. The topological polar surface area (TPSA) is 61.4 Å². The summed E-state index contributed by atoms with van der Waals surface area (Å²) < 4.78 is 0. The first-order valence-corrected chi connectivity index (χ1v) is 6.31. The summed E-state index contributed by atoms with van der Waals surface area (Å²) in [6.45, 7) is 6.14. The van der Waals surface area contributed by atoms with Crippen LogP contribution >= 0.6 is 0 Å². The standard InChI is InChI=1S/C12H24N2O2/c1-3-5-10(15)8-14-11(16)12(4-2)6-7-13-9-12/h10,13,15H,3-9H2,1-2H3,(H,14,16). The second-order valence-corrected chi connectivity index (χ2v) is 4.71. The molecular weight excluding hydrogens is 204 g/mol. The quantitative estimate of drug-likeness (QED) is 0.625. The number of nitrogens with one attached hydrogen (secondary N) is 2. The van der Waals surface area contributed by atoms with E-state index in [1.165, 1.54) is 0 Å². The molecule has 1 heterocycles. The van der Waals surface area contributed by atoms with E-state index in [1.54, 1.807) is 0 Å². The molecule has 94 valence electrons. The van der Waals surface area contributed by atoms with Crippen molar-refractivity contribution in [2.45, 2.75) is 45.6 Å². The van der Waals surface area contributed by atoms with Crippen molar-refractivity contribution in [3.05, 3.63) is 0 Å². The van der Waals surface area contributed by atoms with E-state index in [4.69, 9.17) is 0 Å². The van der Waals surface area contributed by atoms with Crippen LogP contribution in [0.4, 0.5) is 0 Å². The number of rotatable bonds is 6. The molecule has 0 aromatic carbocycles. The molecule has 1 amide bonds. The summed E-state index contributed by atoms with van der Waals surface area (Å²) in [5, 5.41) is 15.7. The maximum absolute atomic E-state index is 12.0. The summed E-state index contributed by atoms with van der Waals surface area (Å²) in [4.78, 5) is 12.0. The molecule has 0 aromatic rings. The Kier molecular flexibility index (Phi) is 5.22. The van der Waals surface area contributed by atoms with Crippen molar-refractivity contribution in [1.82, 2.24) is 10.6 Å². The third kappa shape index (κ3) is 3.19. The van der Waals surface area contributed by atoms with Gasteiger partial charge in [0.15, 0.2) is 0 Å². The maximum atomic E-state index is 12.0. The first-order chi connectivity index (χ1) is 7.64. The number of carbonyl (C=O) groups is 1. The lowest BCUT2D eigenvalue weighted by molar-refractivity contribution is -0.130. The van der Waals surface area contributed by atoms with E-state index >= 15 is 0 Å². The first-order valence-electron chi connectivity index (χ1n) is 6.31. The highest BCUT2D eigenvalue weighted by molar-refractivity contribution is 5.83. The largest absolute Gasteiger partial charge is 0.391 e. The van der Waals surface area contributed by atoms with Gasteiger partial charge in [-0.1, -0.05) is 20.3 Å². The second-order valence-electron chi connectivity index (χ2n) is 4.71. The number of aliphatic hydroxyl groups excluding tert-OH is 1. The molecule has 1 saturated heterocycles. The van der Waals surface area contributed by atoms with Crippen LogP contribution in [0.5, 0.6) is 0 Å². The van der Waals surface area contributed by atoms with Crippen molar-refractivity contribution in [1.29, 1.82) is 0 Å². The van der Waals surface area contributed by atoms with Gasteiger partial charge in [-0.2, -0.15) is 0 Å². The molecule has 4 nitrogen and oxygen atoms in total. The van der Waals surface area contributed by atoms with Crippen LogP contribution in [0.1, 0.15) is 39.5 Å². The lowest BCUT2D eigenvalue weighted by atomic mass is 9.83. The SMILES string of the molecule is CCCC(O)CNC(=O)C1(CC)CCNC1. The maximum Gasteiger partial charge on any atom is 0.227 e. The van der Waals surface area contributed by atoms with Gasteiger partial charge in [0.2, 0.25) is 5.91 Å². The molecule has 2 unspecified atom stereocenters. The predicted molar refractivity (Wildman–Crippen MR) is 64.1 cm³/mol. The zero-order valence-electron chi connectivity index (χ0n) is 10.4. The molecule has 0 bridgehead atoms. The van der Waals surface area contributed by atoms with Gasteiger partial charge in [-0.25, -0.2) is 0 Å². The molecule has 0 aromatic heterocycles. The van der Waals surface area contributed by atoms with E-state index in [0.717, 1.165) is 38.8 Å². The molecule has 0 aliphatic carbocycles. The van der Waals surface area contributed by atoms with Crippen LogP contribution in [-0.2, 0) is 4.79 Å². The highest BCUT2D eigenvalue weighted by Gasteiger charge is 2.39. The average Bonchev–Trinajstić information content (AvgIpc) is 2.76. The predicted octanol–water partition coefficient (Wildman–Crippen LogP) is 0.653.